The van der Waals surface area contributed by atoms with E-state index in [4.69, 9.17) is 4.74 Å². The molecule has 1 amide bonds. The summed E-state index contributed by atoms with van der Waals surface area (Å²) in [7, 11) is -2.40. The number of halogens is 2. The van der Waals surface area contributed by atoms with Crippen LogP contribution in [-0.2, 0) is 4.79 Å². The van der Waals surface area contributed by atoms with Crippen molar-refractivity contribution in [3.05, 3.63) is 29.8 Å². The highest BCUT2D eigenvalue weighted by molar-refractivity contribution is 8.25. The Bertz CT molecular complexity index is 677. The summed E-state index contributed by atoms with van der Waals surface area (Å²) in [6.07, 6.45) is 1.46. The summed E-state index contributed by atoms with van der Waals surface area (Å²) in [5.74, 6) is -1.27. The summed E-state index contributed by atoms with van der Waals surface area (Å²) >= 11 is 0. The van der Waals surface area contributed by atoms with E-state index in [1.807, 2.05) is 0 Å². The minimum Gasteiger partial charge on any atom is -0.478 e. The van der Waals surface area contributed by atoms with Crippen molar-refractivity contribution < 1.29 is 27.4 Å². The molecule has 2 fully saturated rings. The van der Waals surface area contributed by atoms with Gasteiger partial charge in [-0.2, -0.15) is 10.6 Å². The Morgan fingerprint density at radius 2 is 1.80 bits per heavy atom. The summed E-state index contributed by atoms with van der Waals surface area (Å²) in [6, 6.07) is 3.18. The molecule has 2 aliphatic heterocycles. The minimum absolute atomic E-state index is 0.0549. The normalized spacial score (nSPS) is 23.0. The second-order valence-electron chi connectivity index (χ2n) is 7.57. The predicted octanol–water partition coefficient (Wildman–Crippen LogP) is 3.50. The number of hydrogen-bond acceptors (Lipinski definition) is 4. The van der Waals surface area contributed by atoms with Gasteiger partial charge >= 0.3 is 0 Å². The van der Waals surface area contributed by atoms with E-state index in [2.05, 4.69) is 0 Å². The van der Waals surface area contributed by atoms with Crippen LogP contribution in [0.4, 0.5) is 8.78 Å². The zero-order valence-electron chi connectivity index (χ0n) is 14.3. The Morgan fingerprint density at radius 3 is 2.32 bits per heavy atom. The average Bonchev–Trinajstić information content (AvgIpc) is 2.49. The van der Waals surface area contributed by atoms with Crippen LogP contribution in [-0.4, -0.2) is 50.1 Å². The van der Waals surface area contributed by atoms with Crippen LogP contribution in [0.25, 0.3) is 0 Å². The molecular formula is C17H23F2NO4S. The molecule has 0 radical (unpaired) electrons. The Labute approximate surface area is 147 Å². The first kappa shape index (κ1) is 18.4. The molecule has 0 aromatic heterocycles. The zero-order chi connectivity index (χ0) is 18.5. The van der Waals surface area contributed by atoms with Crippen LogP contribution in [0.3, 0.4) is 0 Å². The Kier molecular flexibility index (Phi) is 4.50. The van der Waals surface area contributed by atoms with Gasteiger partial charge in [0.1, 0.15) is 5.75 Å². The second-order valence-corrected chi connectivity index (χ2v) is 9.75. The summed E-state index contributed by atoms with van der Waals surface area (Å²) < 4.78 is 51.2. The van der Waals surface area contributed by atoms with E-state index in [9.17, 15) is 22.7 Å². The molecule has 0 atom stereocenters. The lowest BCUT2D eigenvalue weighted by Crippen LogP contribution is -2.57. The van der Waals surface area contributed by atoms with Gasteiger partial charge in [0.05, 0.1) is 0 Å². The fraction of sp³-hybridized carbons (Fsp3) is 0.588. The van der Waals surface area contributed by atoms with Crippen LogP contribution in [0.1, 0.15) is 26.7 Å². The van der Waals surface area contributed by atoms with Crippen LogP contribution in [0.15, 0.2) is 18.2 Å². The first-order valence-electron chi connectivity index (χ1n) is 8.19. The van der Waals surface area contributed by atoms with Crippen LogP contribution in [0.2, 0.25) is 0 Å². The van der Waals surface area contributed by atoms with E-state index in [1.54, 1.807) is 18.7 Å². The van der Waals surface area contributed by atoms with Crippen LogP contribution >= 0.6 is 10.6 Å². The lowest BCUT2D eigenvalue weighted by atomic mass is 9.81. The van der Waals surface area contributed by atoms with Crippen molar-refractivity contribution in [2.75, 3.05) is 24.6 Å². The molecule has 1 aromatic carbocycles. The molecule has 8 heteroatoms. The number of benzene rings is 1. The Morgan fingerprint density at radius 1 is 1.20 bits per heavy atom. The third kappa shape index (κ3) is 3.75. The van der Waals surface area contributed by atoms with Crippen molar-refractivity contribution in [3.8, 4) is 5.75 Å². The highest BCUT2D eigenvalue weighted by Crippen LogP contribution is 2.62. The standard InChI is InChI=1S/C17H23F2NO4S/c1-16(2,24-12-3-4-13(18)14(19)9-12)15(21)20-7-5-17(6-8-20)10-25(22,23)11-17/h3-4,9,22-23H,5-8,10-11H2,1-2H3. The van der Waals surface area contributed by atoms with Crippen molar-refractivity contribution in [2.45, 2.75) is 32.3 Å². The van der Waals surface area contributed by atoms with Gasteiger partial charge in [-0.15, -0.1) is 0 Å². The summed E-state index contributed by atoms with van der Waals surface area (Å²) in [5, 5.41) is 0. The van der Waals surface area contributed by atoms with Crippen molar-refractivity contribution in [1.29, 1.82) is 0 Å². The fourth-order valence-electron chi connectivity index (χ4n) is 3.67. The molecule has 2 saturated heterocycles. The highest BCUT2D eigenvalue weighted by atomic mass is 32.3. The van der Waals surface area contributed by atoms with Crippen LogP contribution in [0, 0.1) is 17.0 Å². The number of piperidine rings is 1. The quantitative estimate of drug-likeness (QED) is 0.848. The van der Waals surface area contributed by atoms with E-state index in [1.165, 1.54) is 6.07 Å². The van der Waals surface area contributed by atoms with Crippen molar-refractivity contribution in [2.24, 2.45) is 5.41 Å². The first-order chi connectivity index (χ1) is 11.5. The van der Waals surface area contributed by atoms with E-state index >= 15 is 0 Å². The molecule has 140 valence electrons. The maximum absolute atomic E-state index is 13.3. The van der Waals surface area contributed by atoms with Gasteiger partial charge in [0, 0.05) is 36.1 Å². The molecule has 0 saturated carbocycles. The van der Waals surface area contributed by atoms with Gasteiger partial charge in [-0.05, 0) is 38.8 Å². The summed E-state index contributed by atoms with van der Waals surface area (Å²) in [4.78, 5) is 14.5. The third-order valence-electron chi connectivity index (χ3n) is 4.97. The number of nitrogens with zero attached hydrogens (tertiary/aromatic N) is 1. The Balaban J connectivity index is 1.61. The molecular weight excluding hydrogens is 352 g/mol. The molecule has 5 nitrogen and oxygen atoms in total. The number of ether oxygens (including phenoxy) is 1. The highest BCUT2D eigenvalue weighted by Gasteiger charge is 2.50. The van der Waals surface area contributed by atoms with Crippen LogP contribution in [0.5, 0.6) is 5.75 Å². The van der Waals surface area contributed by atoms with Crippen molar-refractivity contribution >= 4 is 16.5 Å². The van der Waals surface area contributed by atoms with Crippen molar-refractivity contribution in [1.82, 2.24) is 4.90 Å². The van der Waals surface area contributed by atoms with E-state index < -0.39 is 27.8 Å². The number of amides is 1. The van der Waals surface area contributed by atoms with E-state index in [-0.39, 0.29) is 17.1 Å². The number of carbonyl (C=O) groups is 1. The van der Waals surface area contributed by atoms with Gasteiger partial charge < -0.3 is 9.64 Å². The number of carbonyl (C=O) groups excluding carboxylic acids is 1. The Hall–Kier alpha value is -1.38. The lowest BCUT2D eigenvalue weighted by molar-refractivity contribution is -0.147. The van der Waals surface area contributed by atoms with E-state index in [0.717, 1.165) is 25.0 Å². The largest absolute Gasteiger partial charge is 0.478 e. The molecule has 2 N–H and O–H groups in total. The second kappa shape index (κ2) is 6.10. The van der Waals surface area contributed by atoms with Gasteiger partial charge in [-0.1, -0.05) is 0 Å². The molecule has 1 spiro atoms. The van der Waals surface area contributed by atoms with Gasteiger partial charge in [0.25, 0.3) is 5.91 Å². The molecule has 3 rings (SSSR count). The maximum atomic E-state index is 13.3. The number of likely N-dealkylation sites (tertiary alicyclic amines) is 1. The third-order valence-corrected chi connectivity index (χ3v) is 7.11. The number of hydrogen-bond donors (Lipinski definition) is 2. The first-order valence-corrected chi connectivity index (χ1v) is 10.1. The molecule has 1 aromatic rings. The molecule has 0 bridgehead atoms. The molecule has 25 heavy (non-hydrogen) atoms. The fourth-order valence-corrected chi connectivity index (χ4v) is 6.12. The minimum atomic E-state index is -2.40. The zero-order valence-corrected chi connectivity index (χ0v) is 15.1. The SMILES string of the molecule is CC(C)(Oc1ccc(F)c(F)c1)C(=O)N1CCC2(CC1)CS(O)(O)C2. The molecule has 0 aliphatic carbocycles. The average molecular weight is 375 g/mol. The molecule has 2 aliphatic rings. The van der Waals surface area contributed by atoms with Gasteiger partial charge in [-0.3, -0.25) is 13.9 Å². The van der Waals surface area contributed by atoms with Gasteiger partial charge in [-0.25, -0.2) is 8.78 Å². The molecule has 0 unspecified atom stereocenters. The lowest BCUT2D eigenvalue weighted by Gasteiger charge is -2.58. The van der Waals surface area contributed by atoms with Gasteiger partial charge in [0.2, 0.25) is 0 Å². The predicted molar refractivity (Wildman–Crippen MR) is 91.9 cm³/mol. The smallest absolute Gasteiger partial charge is 0.266 e. The van der Waals surface area contributed by atoms with Crippen molar-refractivity contribution in [3.63, 3.8) is 0 Å². The van der Waals surface area contributed by atoms with Gasteiger partial charge in [0.15, 0.2) is 17.2 Å². The summed E-state index contributed by atoms with van der Waals surface area (Å²) in [5.41, 5.74) is -1.27. The number of rotatable bonds is 3. The maximum Gasteiger partial charge on any atom is 0.266 e. The van der Waals surface area contributed by atoms with E-state index in [0.29, 0.717) is 24.6 Å². The van der Waals surface area contributed by atoms with Crippen LogP contribution < -0.4 is 4.74 Å². The molecule has 2 heterocycles. The summed E-state index contributed by atoms with van der Waals surface area (Å²) in [6.45, 7) is 4.25. The monoisotopic (exact) mass is 375 g/mol. The topological polar surface area (TPSA) is 70.0 Å².